The summed E-state index contributed by atoms with van der Waals surface area (Å²) in [4.78, 5) is 31.6. The smallest absolute Gasteiger partial charge is 0.354 e. The number of rotatable bonds is 6. The predicted octanol–water partition coefficient (Wildman–Crippen LogP) is 4.83. The van der Waals surface area contributed by atoms with Crippen LogP contribution in [-0.4, -0.2) is 29.0 Å². The van der Waals surface area contributed by atoms with Crippen molar-refractivity contribution >= 4 is 34.3 Å². The number of nitrogens with zero attached hydrogens (tertiary/aromatic N) is 1. The minimum atomic E-state index is -0.428. The third-order valence-corrected chi connectivity index (χ3v) is 5.22. The molecule has 0 aliphatic carbocycles. The minimum absolute atomic E-state index is 0.150. The second-order valence-corrected chi connectivity index (χ2v) is 7.66. The van der Waals surface area contributed by atoms with Gasteiger partial charge in [-0.1, -0.05) is 23.8 Å². The molecule has 0 atom stereocenters. The Morgan fingerprint density at radius 3 is 2.56 bits per heavy atom. The Labute approximate surface area is 185 Å². The lowest BCUT2D eigenvalue weighted by Crippen LogP contribution is -2.12. The summed E-state index contributed by atoms with van der Waals surface area (Å²) in [6.07, 6.45) is 1.76. The normalized spacial score (nSPS) is 10.7. The molecule has 3 N–H and O–H groups in total. The van der Waals surface area contributed by atoms with Gasteiger partial charge < -0.3 is 20.4 Å². The molecule has 4 aromatic rings. The molecular weight excluding hydrogens is 404 g/mol. The highest BCUT2D eigenvalue weighted by Crippen LogP contribution is 2.22. The molecule has 0 fully saturated rings. The Balaban J connectivity index is 1.46. The molecule has 0 unspecified atom stereocenters. The molecule has 4 rings (SSSR count). The highest BCUT2D eigenvalue weighted by atomic mass is 16.5. The Hall–Kier alpha value is -4.13. The fourth-order valence-electron chi connectivity index (χ4n) is 3.37. The molecule has 2 aromatic carbocycles. The van der Waals surface area contributed by atoms with Gasteiger partial charge in [-0.2, -0.15) is 0 Å². The Kier molecular flexibility index (Phi) is 5.89. The quantitative estimate of drug-likeness (QED) is 0.382. The van der Waals surface area contributed by atoms with E-state index < -0.39 is 5.97 Å². The van der Waals surface area contributed by atoms with Crippen molar-refractivity contribution in [1.82, 2.24) is 9.97 Å². The number of hydrogen-bond donors (Lipinski definition) is 3. The first kappa shape index (κ1) is 21.1. The number of aromatic amines is 1. The maximum absolute atomic E-state index is 12.5. The summed E-state index contributed by atoms with van der Waals surface area (Å²) in [5.74, 6) is -0.578. The van der Waals surface area contributed by atoms with E-state index in [4.69, 9.17) is 4.74 Å². The number of nitrogens with one attached hydrogen (secondary N) is 3. The molecule has 2 aromatic heterocycles. The van der Waals surface area contributed by atoms with Gasteiger partial charge in [-0.25, -0.2) is 9.78 Å². The van der Waals surface area contributed by atoms with Gasteiger partial charge in [0.15, 0.2) is 0 Å². The summed E-state index contributed by atoms with van der Waals surface area (Å²) >= 11 is 0. The van der Waals surface area contributed by atoms with E-state index in [2.05, 4.69) is 20.6 Å². The maximum atomic E-state index is 12.5. The van der Waals surface area contributed by atoms with Crippen molar-refractivity contribution in [1.29, 1.82) is 0 Å². The Bertz CT molecular complexity index is 1290. The summed E-state index contributed by atoms with van der Waals surface area (Å²) in [7, 11) is 1.34. The summed E-state index contributed by atoms with van der Waals surface area (Å²) < 4.78 is 4.75. The monoisotopic (exact) mass is 428 g/mol. The van der Waals surface area contributed by atoms with Gasteiger partial charge in [-0.15, -0.1) is 0 Å². The number of H-pyrrole nitrogens is 1. The van der Waals surface area contributed by atoms with Crippen molar-refractivity contribution < 1.29 is 14.3 Å². The zero-order valence-electron chi connectivity index (χ0n) is 18.2. The number of aromatic nitrogens is 2. The molecule has 1 amide bonds. The number of aryl methyl sites for hydroxylation is 2. The summed E-state index contributed by atoms with van der Waals surface area (Å²) in [6, 6.07) is 16.9. The fraction of sp³-hybridized carbons (Fsp3) is 0.160. The summed E-state index contributed by atoms with van der Waals surface area (Å²) in [6.45, 7) is 4.53. The van der Waals surface area contributed by atoms with Crippen LogP contribution < -0.4 is 10.6 Å². The number of methoxy groups -OCH3 is 1. The highest BCUT2D eigenvalue weighted by Gasteiger charge is 2.11. The van der Waals surface area contributed by atoms with Gasteiger partial charge in [0.25, 0.3) is 5.91 Å². The van der Waals surface area contributed by atoms with Crippen molar-refractivity contribution in [3.63, 3.8) is 0 Å². The number of benzene rings is 2. The van der Waals surface area contributed by atoms with E-state index in [0.29, 0.717) is 29.1 Å². The topological polar surface area (TPSA) is 96.1 Å². The van der Waals surface area contributed by atoms with Crippen LogP contribution in [0.2, 0.25) is 0 Å². The fourth-order valence-corrected chi connectivity index (χ4v) is 3.37. The predicted molar refractivity (Wildman–Crippen MR) is 125 cm³/mol. The third kappa shape index (κ3) is 4.62. The van der Waals surface area contributed by atoms with Gasteiger partial charge in [0.05, 0.1) is 7.11 Å². The largest absolute Gasteiger partial charge is 0.464 e. The lowest BCUT2D eigenvalue weighted by Gasteiger charge is -2.13. The second-order valence-electron chi connectivity index (χ2n) is 7.66. The highest BCUT2D eigenvalue weighted by molar-refractivity contribution is 6.04. The zero-order chi connectivity index (χ0) is 22.7. The third-order valence-electron chi connectivity index (χ3n) is 5.22. The Morgan fingerprint density at radius 2 is 1.81 bits per heavy atom. The number of amides is 1. The first-order valence-corrected chi connectivity index (χ1v) is 10.2. The number of anilines is 2. The molecule has 0 aliphatic heterocycles. The van der Waals surface area contributed by atoms with Gasteiger partial charge in [0.2, 0.25) is 0 Å². The van der Waals surface area contributed by atoms with Crippen molar-refractivity contribution in [2.75, 3.05) is 17.7 Å². The molecule has 0 bridgehead atoms. The number of carbonyl (C=O) groups is 2. The van der Waals surface area contributed by atoms with E-state index in [1.807, 2.05) is 62.4 Å². The van der Waals surface area contributed by atoms with Crippen LogP contribution in [0.3, 0.4) is 0 Å². The van der Waals surface area contributed by atoms with Crippen LogP contribution in [0.25, 0.3) is 11.0 Å². The molecule has 162 valence electrons. The van der Waals surface area contributed by atoms with Gasteiger partial charge in [0.1, 0.15) is 11.3 Å². The van der Waals surface area contributed by atoms with Crippen LogP contribution >= 0.6 is 0 Å². The van der Waals surface area contributed by atoms with E-state index in [1.165, 1.54) is 7.11 Å². The number of esters is 1. The number of carbonyl (C=O) groups excluding carboxylic acids is 2. The van der Waals surface area contributed by atoms with Crippen molar-refractivity contribution in [2.24, 2.45) is 0 Å². The van der Waals surface area contributed by atoms with E-state index in [9.17, 15) is 9.59 Å². The van der Waals surface area contributed by atoms with E-state index in [-0.39, 0.29) is 5.91 Å². The number of hydrogen-bond acceptors (Lipinski definition) is 5. The molecule has 0 saturated heterocycles. The molecule has 0 spiro atoms. The molecule has 0 aliphatic rings. The Morgan fingerprint density at radius 1 is 1.03 bits per heavy atom. The first-order chi connectivity index (χ1) is 15.4. The maximum Gasteiger partial charge on any atom is 0.354 e. The van der Waals surface area contributed by atoms with Gasteiger partial charge >= 0.3 is 5.97 Å². The summed E-state index contributed by atoms with van der Waals surface area (Å²) in [5, 5.41) is 7.18. The lowest BCUT2D eigenvalue weighted by molar-refractivity contribution is 0.0595. The number of fused-ring (bicyclic) bond motifs is 1. The number of pyridine rings is 1. The molecule has 7 nitrogen and oxygen atoms in total. The SMILES string of the molecule is COC(=O)c1cc2cc(CNc3cc(NC(=O)c4ccc(C)cc4)ccc3C)cnc2[nH]1. The first-order valence-electron chi connectivity index (χ1n) is 10.2. The van der Waals surface area contributed by atoms with Crippen LogP contribution in [0.4, 0.5) is 11.4 Å². The van der Waals surface area contributed by atoms with Crippen LogP contribution in [-0.2, 0) is 11.3 Å². The van der Waals surface area contributed by atoms with Crippen molar-refractivity contribution in [2.45, 2.75) is 20.4 Å². The van der Waals surface area contributed by atoms with Crippen LogP contribution in [0, 0.1) is 13.8 Å². The standard InChI is InChI=1S/C25H24N4O3/c1-15-4-7-18(8-5-15)24(30)28-20-9-6-16(2)21(12-20)26-13-17-10-19-11-22(25(31)32-3)29-23(19)27-14-17/h4-12,14,26H,13H2,1-3H3,(H,27,29)(H,28,30). The van der Waals surface area contributed by atoms with E-state index >= 15 is 0 Å². The molecule has 32 heavy (non-hydrogen) atoms. The molecule has 2 heterocycles. The summed E-state index contributed by atoms with van der Waals surface area (Å²) in [5.41, 5.74) is 6.37. The van der Waals surface area contributed by atoms with Crippen LogP contribution in [0.15, 0.2) is 60.8 Å². The molecular formula is C25H24N4O3. The van der Waals surface area contributed by atoms with Gasteiger partial charge in [0, 0.05) is 35.1 Å². The molecule has 7 heteroatoms. The average molecular weight is 428 g/mol. The van der Waals surface area contributed by atoms with Crippen LogP contribution in [0.1, 0.15) is 37.5 Å². The van der Waals surface area contributed by atoms with Crippen molar-refractivity contribution in [3.8, 4) is 0 Å². The van der Waals surface area contributed by atoms with E-state index in [0.717, 1.165) is 27.8 Å². The zero-order valence-corrected chi connectivity index (χ0v) is 18.2. The number of ether oxygens (including phenoxy) is 1. The van der Waals surface area contributed by atoms with Crippen LogP contribution in [0.5, 0.6) is 0 Å². The minimum Gasteiger partial charge on any atom is -0.464 e. The van der Waals surface area contributed by atoms with Gasteiger partial charge in [-0.3, -0.25) is 4.79 Å². The average Bonchev–Trinajstić information content (AvgIpc) is 3.22. The van der Waals surface area contributed by atoms with Crippen molar-refractivity contribution in [3.05, 3.63) is 88.7 Å². The van der Waals surface area contributed by atoms with Gasteiger partial charge in [-0.05, 0) is 61.4 Å². The molecule has 0 saturated carbocycles. The lowest BCUT2D eigenvalue weighted by atomic mass is 10.1. The molecule has 0 radical (unpaired) electrons. The van der Waals surface area contributed by atoms with E-state index in [1.54, 1.807) is 12.3 Å². The second kappa shape index (κ2) is 8.93.